The van der Waals surface area contributed by atoms with Gasteiger partial charge in [-0.1, -0.05) is 43.5 Å². The molecule has 3 aliphatic rings. The van der Waals surface area contributed by atoms with Gasteiger partial charge in [0.05, 0.1) is 11.5 Å². The van der Waals surface area contributed by atoms with Crippen LogP contribution >= 0.6 is 0 Å². The third-order valence-electron chi connectivity index (χ3n) is 10.0. The van der Waals surface area contributed by atoms with Crippen LogP contribution in [0.3, 0.4) is 0 Å². The third kappa shape index (κ3) is 6.86. The van der Waals surface area contributed by atoms with Crippen molar-refractivity contribution < 1.29 is 53.5 Å². The lowest BCUT2D eigenvalue weighted by molar-refractivity contribution is -0.391. The zero-order valence-electron chi connectivity index (χ0n) is 26.8. The van der Waals surface area contributed by atoms with E-state index in [2.05, 4.69) is 0 Å². The van der Waals surface area contributed by atoms with Crippen LogP contribution in [0.4, 0.5) is 35.5 Å². The van der Waals surface area contributed by atoms with Crippen LogP contribution in [0.2, 0.25) is 0 Å². The Morgan fingerprint density at radius 2 is 1.35 bits per heavy atom. The molecule has 2 aromatic carbocycles. The minimum atomic E-state index is -5.91. The summed E-state index contributed by atoms with van der Waals surface area (Å²) in [4.78, 5) is 29.2. The molecule has 1 saturated carbocycles. The molecule has 0 spiro atoms. The Morgan fingerprint density at radius 3 is 1.88 bits per heavy atom. The summed E-state index contributed by atoms with van der Waals surface area (Å²) < 4.78 is 133. The van der Waals surface area contributed by atoms with E-state index in [1.165, 1.54) is 16.7 Å². The molecule has 270 valence electrons. The van der Waals surface area contributed by atoms with E-state index in [4.69, 9.17) is 4.74 Å². The number of piperazine rings is 1. The number of amides is 3. The first kappa shape index (κ1) is 36.9. The molecular formula is C33H38F7N3O5S. The molecule has 0 unspecified atom stereocenters. The molecule has 16 heteroatoms. The molecule has 3 amide bonds. The third-order valence-corrected chi connectivity index (χ3v) is 12.5. The molecule has 2 saturated heterocycles. The van der Waals surface area contributed by atoms with E-state index in [1.807, 2.05) is 0 Å². The van der Waals surface area contributed by atoms with Gasteiger partial charge in [0.25, 0.3) is 5.60 Å². The summed E-state index contributed by atoms with van der Waals surface area (Å²) in [6, 6.07) is 6.34. The van der Waals surface area contributed by atoms with Crippen molar-refractivity contribution in [1.82, 2.24) is 14.7 Å². The predicted molar refractivity (Wildman–Crippen MR) is 163 cm³/mol. The lowest BCUT2D eigenvalue weighted by atomic mass is 9.87. The highest BCUT2D eigenvalue weighted by Crippen LogP contribution is 2.54. The second kappa shape index (κ2) is 13.7. The summed E-state index contributed by atoms with van der Waals surface area (Å²) in [6.07, 6.45) is -9.01. The summed E-state index contributed by atoms with van der Waals surface area (Å²) in [5, 5.41) is 0. The van der Waals surface area contributed by atoms with E-state index in [1.54, 1.807) is 4.90 Å². The van der Waals surface area contributed by atoms with Crippen molar-refractivity contribution in [3.8, 4) is 0 Å². The summed E-state index contributed by atoms with van der Waals surface area (Å²) in [5.41, 5.74) is -6.06. The first-order chi connectivity index (χ1) is 22.9. The van der Waals surface area contributed by atoms with E-state index in [0.29, 0.717) is 37.8 Å². The Labute approximate surface area is 280 Å². The van der Waals surface area contributed by atoms with Gasteiger partial charge in [-0.3, -0.25) is 4.79 Å². The van der Waals surface area contributed by atoms with Gasteiger partial charge in [0.15, 0.2) is 9.84 Å². The molecule has 0 bridgehead atoms. The van der Waals surface area contributed by atoms with Gasteiger partial charge in [0, 0.05) is 51.8 Å². The van der Waals surface area contributed by atoms with Crippen LogP contribution in [0.25, 0.3) is 0 Å². The zero-order chi connectivity index (χ0) is 35.8. The highest BCUT2D eigenvalue weighted by molar-refractivity contribution is 7.92. The number of hydrogen-bond donors (Lipinski definition) is 0. The van der Waals surface area contributed by atoms with Gasteiger partial charge < -0.3 is 19.4 Å². The molecule has 2 heterocycles. The first-order valence-electron chi connectivity index (χ1n) is 16.1. The summed E-state index contributed by atoms with van der Waals surface area (Å²) in [5.74, 6) is -1.37. The normalized spacial score (nSPS) is 21.7. The van der Waals surface area contributed by atoms with E-state index in [-0.39, 0.29) is 55.5 Å². The van der Waals surface area contributed by atoms with E-state index >= 15 is 0 Å². The van der Waals surface area contributed by atoms with Crippen molar-refractivity contribution in [3.63, 3.8) is 0 Å². The van der Waals surface area contributed by atoms with Gasteiger partial charge in [0.1, 0.15) is 10.6 Å². The van der Waals surface area contributed by atoms with Gasteiger partial charge in [-0.05, 0) is 55.0 Å². The fourth-order valence-electron chi connectivity index (χ4n) is 7.15. The molecule has 0 aromatic heterocycles. The van der Waals surface area contributed by atoms with Gasteiger partial charge in [0.2, 0.25) is 5.91 Å². The largest absolute Gasteiger partial charge is 0.430 e. The number of sulfone groups is 1. The Bertz CT molecular complexity index is 1590. The van der Waals surface area contributed by atoms with Crippen LogP contribution in [0.15, 0.2) is 53.4 Å². The second-order valence-electron chi connectivity index (χ2n) is 13.0. The van der Waals surface area contributed by atoms with Crippen LogP contribution in [0.1, 0.15) is 56.6 Å². The molecule has 0 radical (unpaired) electrons. The van der Waals surface area contributed by atoms with Gasteiger partial charge in [-0.15, -0.1) is 0 Å². The SMILES string of the molecule is CC(=O)N1CCN(C(=O)N2CC[C@](c3ccc(C(OCC4CCCCC4)(C(F)(F)F)C(F)(F)F)cc3)(S(=O)(=O)c3ccc(F)cc3)C2)CC1. The topological polar surface area (TPSA) is 87.2 Å². The lowest BCUT2D eigenvalue weighted by Gasteiger charge is -2.39. The summed E-state index contributed by atoms with van der Waals surface area (Å²) >= 11 is 0. The maximum absolute atomic E-state index is 14.6. The molecule has 8 nitrogen and oxygen atoms in total. The maximum Gasteiger partial charge on any atom is 0.430 e. The number of benzene rings is 2. The zero-order valence-corrected chi connectivity index (χ0v) is 27.6. The smallest absolute Gasteiger partial charge is 0.354 e. The van der Waals surface area contributed by atoms with Crippen molar-refractivity contribution in [2.45, 2.75) is 73.0 Å². The van der Waals surface area contributed by atoms with Gasteiger partial charge in [-0.25, -0.2) is 17.6 Å². The molecular weight excluding hydrogens is 683 g/mol. The number of likely N-dealkylation sites (tertiary alicyclic amines) is 1. The fourth-order valence-corrected chi connectivity index (χ4v) is 9.23. The van der Waals surface area contributed by atoms with Crippen LogP contribution in [-0.4, -0.2) is 93.3 Å². The monoisotopic (exact) mass is 721 g/mol. The maximum atomic E-state index is 14.6. The number of ether oxygens (including phenoxy) is 1. The Balaban J connectivity index is 1.53. The molecule has 49 heavy (non-hydrogen) atoms. The van der Waals surface area contributed by atoms with Gasteiger partial charge >= 0.3 is 18.4 Å². The quantitative estimate of drug-likeness (QED) is 0.244. The summed E-state index contributed by atoms with van der Waals surface area (Å²) in [7, 11) is -4.52. The minimum absolute atomic E-state index is 0.104. The average molecular weight is 722 g/mol. The fraction of sp³-hybridized carbons (Fsp3) is 0.576. The van der Waals surface area contributed by atoms with Crippen molar-refractivity contribution in [3.05, 3.63) is 65.5 Å². The van der Waals surface area contributed by atoms with Crippen LogP contribution in [0.5, 0.6) is 0 Å². The van der Waals surface area contributed by atoms with Crippen molar-refractivity contribution in [2.24, 2.45) is 5.92 Å². The number of alkyl halides is 6. The standard InChI is InChI=1S/C33H38F7N3O5S/c1-23(44)41-17-19-42(20-18-41)29(45)43-16-15-30(22-43,49(46,47)28-13-11-27(34)12-14-28)25-7-9-26(10-8-25)31(32(35,36)37,33(38,39)40)48-21-24-5-3-2-4-6-24/h7-14,24H,2-6,15-22H2,1H3/t30-/m0/s1. The first-order valence-corrected chi connectivity index (χ1v) is 17.6. The van der Waals surface area contributed by atoms with Gasteiger partial charge in [-0.2, -0.15) is 26.3 Å². The van der Waals surface area contributed by atoms with Crippen molar-refractivity contribution in [2.75, 3.05) is 45.9 Å². The second-order valence-corrected chi connectivity index (χ2v) is 15.2. The highest BCUT2D eigenvalue weighted by atomic mass is 32.2. The molecule has 1 aliphatic carbocycles. The molecule has 2 aliphatic heterocycles. The molecule has 0 N–H and O–H groups in total. The van der Waals surface area contributed by atoms with Crippen molar-refractivity contribution >= 4 is 21.8 Å². The highest BCUT2D eigenvalue weighted by Gasteiger charge is 2.73. The van der Waals surface area contributed by atoms with E-state index in [0.717, 1.165) is 42.8 Å². The average Bonchev–Trinajstić information content (AvgIpc) is 3.52. The number of hydrogen-bond acceptors (Lipinski definition) is 5. The van der Waals surface area contributed by atoms with E-state index < -0.39 is 69.0 Å². The number of halogens is 7. The van der Waals surface area contributed by atoms with Crippen LogP contribution < -0.4 is 0 Å². The summed E-state index contributed by atoms with van der Waals surface area (Å²) in [6.45, 7) is 0.942. The molecule has 3 fully saturated rings. The number of rotatable bonds is 7. The van der Waals surface area contributed by atoms with Crippen molar-refractivity contribution in [1.29, 1.82) is 0 Å². The van der Waals surface area contributed by atoms with E-state index in [9.17, 15) is 48.7 Å². The Hall–Kier alpha value is -3.40. The Kier molecular flexibility index (Phi) is 10.3. The minimum Gasteiger partial charge on any atom is -0.354 e. The number of carbonyl (C=O) groups is 2. The molecule has 1 atom stereocenters. The predicted octanol–water partition coefficient (Wildman–Crippen LogP) is 6.40. The number of nitrogens with zero attached hydrogens (tertiary/aromatic N) is 3. The van der Waals surface area contributed by atoms with Crippen LogP contribution in [-0.2, 0) is 29.7 Å². The molecule has 5 rings (SSSR count). The Morgan fingerprint density at radius 1 is 0.796 bits per heavy atom. The lowest BCUT2D eigenvalue weighted by Crippen LogP contribution is -2.56. The number of urea groups is 1. The molecule has 2 aromatic rings. The van der Waals surface area contributed by atoms with Crippen LogP contribution in [0, 0.1) is 11.7 Å². The number of carbonyl (C=O) groups excluding carboxylic acids is 2.